The van der Waals surface area contributed by atoms with E-state index in [1.807, 2.05) is 0 Å². The van der Waals surface area contributed by atoms with Crippen LogP contribution in [-0.2, 0) is 11.0 Å². The quantitative estimate of drug-likeness (QED) is 0.650. The standard InChI is InChI=1S/C20H26N3/c1-7-19(5)16-11-9-10-15-12-13(3)22-14(4)21-23(18(22)17(15)16)20(19,6)8-2/h9-12H,7-8H2,1-6H3/q+1. The molecule has 3 heteroatoms. The summed E-state index contributed by atoms with van der Waals surface area (Å²) >= 11 is 0. The molecule has 3 heterocycles. The smallest absolute Gasteiger partial charge is 0.198 e. The Labute approximate surface area is 137 Å². The summed E-state index contributed by atoms with van der Waals surface area (Å²) in [5.74, 6) is 1.08. The molecule has 0 saturated heterocycles. The summed E-state index contributed by atoms with van der Waals surface area (Å²) in [7, 11) is 0. The average Bonchev–Trinajstić information content (AvgIpc) is 2.91. The van der Waals surface area contributed by atoms with Crippen LogP contribution in [0.3, 0.4) is 0 Å². The number of aromatic nitrogens is 3. The Balaban J connectivity index is 2.36. The molecule has 3 aromatic rings. The normalized spacial score (nSPS) is 26.5. The lowest BCUT2D eigenvalue weighted by molar-refractivity contribution is -0.527. The zero-order valence-corrected chi connectivity index (χ0v) is 15.1. The van der Waals surface area contributed by atoms with Crippen molar-refractivity contribution in [2.45, 2.75) is 65.3 Å². The first kappa shape index (κ1) is 14.7. The van der Waals surface area contributed by atoms with E-state index in [1.165, 1.54) is 27.7 Å². The fraction of sp³-hybridized carbons (Fsp3) is 0.500. The Kier molecular flexibility index (Phi) is 2.77. The second-order valence-corrected chi connectivity index (χ2v) is 7.49. The largest absolute Gasteiger partial charge is 0.279 e. The number of benzene rings is 1. The summed E-state index contributed by atoms with van der Waals surface area (Å²) in [4.78, 5) is 0. The maximum Gasteiger partial charge on any atom is 0.279 e. The summed E-state index contributed by atoms with van der Waals surface area (Å²) in [5.41, 5.74) is 4.06. The Morgan fingerprint density at radius 3 is 2.52 bits per heavy atom. The van der Waals surface area contributed by atoms with Gasteiger partial charge in [0.15, 0.2) is 0 Å². The molecule has 120 valence electrons. The van der Waals surface area contributed by atoms with Crippen molar-refractivity contribution in [3.63, 3.8) is 0 Å². The molecule has 4 rings (SSSR count). The van der Waals surface area contributed by atoms with Gasteiger partial charge in [0, 0.05) is 17.4 Å². The molecule has 0 radical (unpaired) electrons. The molecule has 2 atom stereocenters. The van der Waals surface area contributed by atoms with Gasteiger partial charge in [-0.05, 0) is 43.7 Å². The zero-order chi connectivity index (χ0) is 16.6. The fourth-order valence-corrected chi connectivity index (χ4v) is 4.79. The first-order valence-corrected chi connectivity index (χ1v) is 8.73. The molecule has 0 fully saturated rings. The van der Waals surface area contributed by atoms with Crippen LogP contribution in [0.25, 0.3) is 16.4 Å². The number of pyridine rings is 1. The predicted octanol–water partition coefficient (Wildman–Crippen LogP) is 4.20. The minimum atomic E-state index is -0.0175. The molecular weight excluding hydrogens is 282 g/mol. The van der Waals surface area contributed by atoms with Gasteiger partial charge in [-0.2, -0.15) is 4.40 Å². The van der Waals surface area contributed by atoms with Crippen LogP contribution in [0.5, 0.6) is 0 Å². The zero-order valence-electron chi connectivity index (χ0n) is 15.1. The van der Waals surface area contributed by atoms with Gasteiger partial charge in [0.05, 0.1) is 11.1 Å². The first-order chi connectivity index (χ1) is 10.9. The van der Waals surface area contributed by atoms with E-state index in [2.05, 4.69) is 74.9 Å². The van der Waals surface area contributed by atoms with Crippen LogP contribution in [0, 0.1) is 13.8 Å². The van der Waals surface area contributed by atoms with Crippen molar-refractivity contribution < 1.29 is 4.40 Å². The first-order valence-electron chi connectivity index (χ1n) is 8.73. The lowest BCUT2D eigenvalue weighted by atomic mass is 9.62. The maximum atomic E-state index is 5.01. The minimum absolute atomic E-state index is 0.0175. The topological polar surface area (TPSA) is 21.9 Å². The van der Waals surface area contributed by atoms with Crippen LogP contribution in [0.1, 0.15) is 57.6 Å². The molecule has 3 nitrogen and oxygen atoms in total. The summed E-state index contributed by atoms with van der Waals surface area (Å²) in [6.45, 7) is 13.7. The van der Waals surface area contributed by atoms with Gasteiger partial charge in [-0.15, -0.1) is 4.68 Å². The van der Waals surface area contributed by atoms with Gasteiger partial charge in [-0.3, -0.25) is 0 Å². The third-order valence-electron chi connectivity index (χ3n) is 6.66. The average molecular weight is 308 g/mol. The molecule has 23 heavy (non-hydrogen) atoms. The highest BCUT2D eigenvalue weighted by Gasteiger charge is 2.54. The van der Waals surface area contributed by atoms with E-state index in [0.717, 1.165) is 18.7 Å². The number of rotatable bonds is 2. The van der Waals surface area contributed by atoms with Crippen LogP contribution in [0.2, 0.25) is 0 Å². The third-order valence-corrected chi connectivity index (χ3v) is 6.66. The van der Waals surface area contributed by atoms with Gasteiger partial charge in [-0.1, -0.05) is 39.0 Å². The number of aryl methyl sites for hydroxylation is 2. The number of nitrogens with zero attached hydrogens (tertiary/aromatic N) is 3. The Hall–Kier alpha value is -1.90. The van der Waals surface area contributed by atoms with Gasteiger partial charge in [0.2, 0.25) is 0 Å². The summed E-state index contributed by atoms with van der Waals surface area (Å²) in [5, 5.41) is 7.73. The maximum absolute atomic E-state index is 5.01. The Morgan fingerprint density at radius 1 is 1.13 bits per heavy atom. The highest BCUT2D eigenvalue weighted by Crippen LogP contribution is 2.51. The predicted molar refractivity (Wildman–Crippen MR) is 93.9 cm³/mol. The van der Waals surface area contributed by atoms with E-state index in [0.29, 0.717) is 0 Å². The third kappa shape index (κ3) is 1.46. The molecule has 2 unspecified atom stereocenters. The fourth-order valence-electron chi connectivity index (χ4n) is 4.79. The molecular formula is C20H26N3+. The monoisotopic (exact) mass is 308 g/mol. The Bertz CT molecular complexity index is 953. The highest BCUT2D eigenvalue weighted by atomic mass is 15.4. The SMILES string of the molecule is CCC1(C)c2cccc3cc(C)[n+]4c(C)nn(c4c23)C1(C)CC. The van der Waals surface area contributed by atoms with Gasteiger partial charge in [0.25, 0.3) is 11.5 Å². The van der Waals surface area contributed by atoms with Gasteiger partial charge in [0.1, 0.15) is 5.54 Å². The van der Waals surface area contributed by atoms with Crippen molar-refractivity contribution in [1.82, 2.24) is 9.78 Å². The summed E-state index contributed by atoms with van der Waals surface area (Å²) in [6.07, 6.45) is 2.17. The molecule has 0 amide bonds. The van der Waals surface area contributed by atoms with Crippen LogP contribution in [0.4, 0.5) is 0 Å². The molecule has 1 aliphatic rings. The molecule has 2 aromatic heterocycles. The van der Waals surface area contributed by atoms with Crippen molar-refractivity contribution in [1.29, 1.82) is 0 Å². The van der Waals surface area contributed by atoms with Crippen LogP contribution in [-0.4, -0.2) is 9.78 Å². The molecule has 1 aromatic carbocycles. The van der Waals surface area contributed by atoms with Gasteiger partial charge < -0.3 is 0 Å². The van der Waals surface area contributed by atoms with Crippen LogP contribution >= 0.6 is 0 Å². The molecule has 0 aliphatic carbocycles. The van der Waals surface area contributed by atoms with Crippen LogP contribution in [0.15, 0.2) is 24.3 Å². The lowest BCUT2D eigenvalue weighted by Gasteiger charge is -2.45. The molecule has 0 spiro atoms. The second kappa shape index (κ2) is 4.34. The van der Waals surface area contributed by atoms with E-state index in [-0.39, 0.29) is 11.0 Å². The molecule has 0 saturated carbocycles. The molecule has 0 N–H and O–H groups in total. The van der Waals surface area contributed by atoms with E-state index in [9.17, 15) is 0 Å². The summed E-state index contributed by atoms with van der Waals surface area (Å²) in [6, 6.07) is 9.09. The van der Waals surface area contributed by atoms with E-state index in [1.54, 1.807) is 0 Å². The Morgan fingerprint density at radius 2 is 1.87 bits per heavy atom. The lowest BCUT2D eigenvalue weighted by Crippen LogP contribution is -2.52. The van der Waals surface area contributed by atoms with Crippen molar-refractivity contribution in [3.8, 4) is 0 Å². The van der Waals surface area contributed by atoms with Gasteiger partial charge in [-0.25, -0.2) is 0 Å². The van der Waals surface area contributed by atoms with E-state index in [4.69, 9.17) is 5.10 Å². The van der Waals surface area contributed by atoms with Crippen molar-refractivity contribution in [3.05, 3.63) is 41.3 Å². The number of hydrogen-bond donors (Lipinski definition) is 0. The minimum Gasteiger partial charge on any atom is -0.198 e. The highest BCUT2D eigenvalue weighted by molar-refractivity contribution is 5.97. The molecule has 0 bridgehead atoms. The number of hydrogen-bond acceptors (Lipinski definition) is 1. The van der Waals surface area contributed by atoms with Crippen LogP contribution < -0.4 is 4.40 Å². The summed E-state index contributed by atoms with van der Waals surface area (Å²) < 4.78 is 4.66. The van der Waals surface area contributed by atoms with E-state index >= 15 is 0 Å². The second-order valence-electron chi connectivity index (χ2n) is 7.49. The van der Waals surface area contributed by atoms with Gasteiger partial charge >= 0.3 is 0 Å². The van der Waals surface area contributed by atoms with Crippen molar-refractivity contribution in [2.75, 3.05) is 0 Å². The van der Waals surface area contributed by atoms with Crippen molar-refractivity contribution in [2.24, 2.45) is 0 Å². The molecule has 1 aliphatic heterocycles. The van der Waals surface area contributed by atoms with E-state index < -0.39 is 0 Å². The van der Waals surface area contributed by atoms with Crippen molar-refractivity contribution >= 4 is 16.4 Å².